The molecule has 0 bridgehead atoms. The molecule has 1 saturated heterocycles. The van der Waals surface area contributed by atoms with Crippen molar-refractivity contribution in [3.63, 3.8) is 0 Å². The quantitative estimate of drug-likeness (QED) is 0.923. The first-order valence-corrected chi connectivity index (χ1v) is 8.06. The Hall–Kier alpha value is -0.0000000000000000833. The van der Waals surface area contributed by atoms with Crippen LogP contribution in [0.2, 0.25) is 0 Å². The van der Waals surface area contributed by atoms with Crippen LogP contribution < -0.4 is 5.32 Å². The predicted molar refractivity (Wildman–Crippen MR) is 74.4 cm³/mol. The normalized spacial score (nSPS) is 20.7. The van der Waals surface area contributed by atoms with Crippen LogP contribution in [0.1, 0.15) is 28.9 Å². The van der Waals surface area contributed by atoms with Crippen molar-refractivity contribution >= 4 is 44.9 Å². The molecule has 1 aliphatic heterocycles. The summed E-state index contributed by atoms with van der Waals surface area (Å²) in [5.41, 5.74) is 0. The Balaban J connectivity index is 1.79. The molecule has 0 aromatic carbocycles. The Morgan fingerprint density at radius 1 is 1.50 bits per heavy atom. The Bertz CT molecular complexity index is 361. The van der Waals surface area contributed by atoms with Crippen LogP contribution >= 0.6 is 39.0 Å². The van der Waals surface area contributed by atoms with Gasteiger partial charge in [-0.05, 0) is 46.7 Å². The number of amides is 1. The van der Waals surface area contributed by atoms with E-state index >= 15 is 0 Å². The number of rotatable bonds is 3. The minimum absolute atomic E-state index is 0.0573. The lowest BCUT2D eigenvalue weighted by atomic mass is 10.2. The predicted octanol–water partition coefficient (Wildman–Crippen LogP) is 3.53. The molecule has 2 nitrogen and oxygen atoms in total. The molecule has 2 rings (SSSR count). The number of halogens is 1. The molecule has 1 atom stereocenters. The molecule has 1 unspecified atom stereocenters. The van der Waals surface area contributed by atoms with E-state index in [0.717, 1.165) is 15.2 Å². The first-order valence-electron chi connectivity index (χ1n) is 5.41. The molecule has 0 spiro atoms. The largest absolute Gasteiger partial charge is 0.350 e. The van der Waals surface area contributed by atoms with Gasteiger partial charge in [-0.1, -0.05) is 6.42 Å². The highest BCUT2D eigenvalue weighted by atomic mass is 79.9. The molecule has 1 aromatic rings. The number of thiophene rings is 1. The van der Waals surface area contributed by atoms with Gasteiger partial charge in [-0.15, -0.1) is 11.3 Å². The van der Waals surface area contributed by atoms with E-state index in [0.29, 0.717) is 5.25 Å². The smallest absolute Gasteiger partial charge is 0.261 e. The summed E-state index contributed by atoms with van der Waals surface area (Å²) in [6.45, 7) is 0.805. The van der Waals surface area contributed by atoms with Gasteiger partial charge in [-0.25, -0.2) is 0 Å². The van der Waals surface area contributed by atoms with E-state index in [1.165, 1.54) is 36.4 Å². The fraction of sp³-hybridized carbons (Fsp3) is 0.545. The molecule has 0 radical (unpaired) electrons. The lowest BCUT2D eigenvalue weighted by Gasteiger charge is -2.21. The average Bonchev–Trinajstić information content (AvgIpc) is 2.74. The van der Waals surface area contributed by atoms with Gasteiger partial charge in [-0.3, -0.25) is 4.79 Å². The molecule has 1 N–H and O–H groups in total. The van der Waals surface area contributed by atoms with Gasteiger partial charge < -0.3 is 5.32 Å². The van der Waals surface area contributed by atoms with Crippen LogP contribution in [-0.4, -0.2) is 23.5 Å². The van der Waals surface area contributed by atoms with Crippen molar-refractivity contribution in [3.8, 4) is 0 Å². The number of hydrogen-bond donors (Lipinski definition) is 1. The van der Waals surface area contributed by atoms with Crippen LogP contribution in [0.5, 0.6) is 0 Å². The number of nitrogens with one attached hydrogen (secondary N) is 1. The van der Waals surface area contributed by atoms with Gasteiger partial charge in [0.25, 0.3) is 5.91 Å². The first kappa shape index (κ1) is 12.5. The average molecular weight is 320 g/mol. The first-order chi connectivity index (χ1) is 7.75. The van der Waals surface area contributed by atoms with Crippen LogP contribution in [0, 0.1) is 0 Å². The summed E-state index contributed by atoms with van der Waals surface area (Å²) in [7, 11) is 0. The molecular formula is C11H14BrNOS2. The van der Waals surface area contributed by atoms with Gasteiger partial charge in [-0.2, -0.15) is 11.8 Å². The maximum absolute atomic E-state index is 11.8. The van der Waals surface area contributed by atoms with Crippen molar-refractivity contribution < 1.29 is 4.79 Å². The highest BCUT2D eigenvalue weighted by Gasteiger charge is 2.15. The molecule has 1 fully saturated rings. The number of carbonyl (C=O) groups is 1. The standard InChI is InChI=1S/C11H14BrNOS2/c12-10-5-4-9(16-10)11(14)13-7-8-3-1-2-6-15-8/h4-5,8H,1-3,6-7H2,(H,13,14). The SMILES string of the molecule is O=C(NCC1CCCCS1)c1ccc(Br)s1. The molecule has 5 heteroatoms. The zero-order chi connectivity index (χ0) is 11.4. The van der Waals surface area contributed by atoms with Gasteiger partial charge in [0, 0.05) is 11.8 Å². The summed E-state index contributed by atoms with van der Waals surface area (Å²) in [4.78, 5) is 12.6. The fourth-order valence-electron chi connectivity index (χ4n) is 1.70. The zero-order valence-corrected chi connectivity index (χ0v) is 12.1. The van der Waals surface area contributed by atoms with E-state index in [2.05, 4.69) is 21.2 Å². The van der Waals surface area contributed by atoms with E-state index in [9.17, 15) is 4.79 Å². The van der Waals surface area contributed by atoms with Gasteiger partial charge in [0.15, 0.2) is 0 Å². The van der Waals surface area contributed by atoms with Crippen LogP contribution in [-0.2, 0) is 0 Å². The molecule has 0 aliphatic carbocycles. The minimum atomic E-state index is 0.0573. The Morgan fingerprint density at radius 3 is 3.00 bits per heavy atom. The van der Waals surface area contributed by atoms with Crippen LogP contribution in [0.3, 0.4) is 0 Å². The Kier molecular flexibility index (Phi) is 4.73. The second kappa shape index (κ2) is 6.07. The lowest BCUT2D eigenvalue weighted by Crippen LogP contribution is -2.31. The monoisotopic (exact) mass is 319 g/mol. The van der Waals surface area contributed by atoms with Gasteiger partial charge in [0.05, 0.1) is 8.66 Å². The third kappa shape index (κ3) is 3.50. The molecule has 1 aliphatic rings. The third-order valence-electron chi connectivity index (χ3n) is 2.56. The zero-order valence-electron chi connectivity index (χ0n) is 8.87. The maximum Gasteiger partial charge on any atom is 0.261 e. The third-order valence-corrected chi connectivity index (χ3v) is 5.58. The lowest BCUT2D eigenvalue weighted by molar-refractivity contribution is 0.0957. The van der Waals surface area contributed by atoms with E-state index < -0.39 is 0 Å². The molecule has 1 aromatic heterocycles. The van der Waals surface area contributed by atoms with Crippen LogP contribution in [0.15, 0.2) is 15.9 Å². The van der Waals surface area contributed by atoms with Crippen molar-refractivity contribution in [1.29, 1.82) is 0 Å². The minimum Gasteiger partial charge on any atom is -0.350 e. The van der Waals surface area contributed by atoms with Crippen molar-refractivity contribution in [3.05, 3.63) is 20.8 Å². The Morgan fingerprint density at radius 2 is 2.38 bits per heavy atom. The molecule has 88 valence electrons. The van der Waals surface area contributed by atoms with E-state index in [4.69, 9.17) is 0 Å². The van der Waals surface area contributed by atoms with Crippen molar-refractivity contribution in [2.24, 2.45) is 0 Å². The molecular weight excluding hydrogens is 306 g/mol. The van der Waals surface area contributed by atoms with E-state index in [-0.39, 0.29) is 5.91 Å². The fourth-order valence-corrected chi connectivity index (χ4v) is 4.24. The molecule has 2 heterocycles. The summed E-state index contributed by atoms with van der Waals surface area (Å²) >= 11 is 6.83. The molecule has 0 saturated carbocycles. The highest BCUT2D eigenvalue weighted by molar-refractivity contribution is 9.11. The summed E-state index contributed by atoms with van der Waals surface area (Å²) in [6, 6.07) is 3.77. The topological polar surface area (TPSA) is 29.1 Å². The van der Waals surface area contributed by atoms with Crippen molar-refractivity contribution in [2.45, 2.75) is 24.5 Å². The number of thioether (sulfide) groups is 1. The molecule has 16 heavy (non-hydrogen) atoms. The van der Waals surface area contributed by atoms with Crippen molar-refractivity contribution in [1.82, 2.24) is 5.32 Å². The summed E-state index contributed by atoms with van der Waals surface area (Å²) in [5, 5.41) is 3.62. The highest BCUT2D eigenvalue weighted by Crippen LogP contribution is 2.25. The molecule has 1 amide bonds. The summed E-state index contributed by atoms with van der Waals surface area (Å²) < 4.78 is 1.00. The summed E-state index contributed by atoms with van der Waals surface area (Å²) in [5.74, 6) is 1.30. The van der Waals surface area contributed by atoms with Gasteiger partial charge in [0.2, 0.25) is 0 Å². The second-order valence-electron chi connectivity index (χ2n) is 3.80. The Labute approximate surface area is 112 Å². The van der Waals surface area contributed by atoms with Crippen LogP contribution in [0.25, 0.3) is 0 Å². The van der Waals surface area contributed by atoms with Crippen molar-refractivity contribution in [2.75, 3.05) is 12.3 Å². The van der Waals surface area contributed by atoms with Crippen LogP contribution in [0.4, 0.5) is 0 Å². The summed E-state index contributed by atoms with van der Waals surface area (Å²) in [6.07, 6.45) is 3.87. The van der Waals surface area contributed by atoms with E-state index in [1.54, 1.807) is 0 Å². The van der Waals surface area contributed by atoms with Gasteiger partial charge >= 0.3 is 0 Å². The van der Waals surface area contributed by atoms with E-state index in [1.807, 2.05) is 23.9 Å². The number of hydrogen-bond acceptors (Lipinski definition) is 3. The second-order valence-corrected chi connectivity index (χ2v) is 7.67. The maximum atomic E-state index is 11.8. The van der Waals surface area contributed by atoms with Gasteiger partial charge in [0.1, 0.15) is 0 Å². The number of carbonyl (C=O) groups excluding carboxylic acids is 1.